The van der Waals surface area contributed by atoms with Gasteiger partial charge in [0.05, 0.1) is 0 Å². The van der Waals surface area contributed by atoms with Crippen LogP contribution in [-0.2, 0) is 4.79 Å². The highest BCUT2D eigenvalue weighted by atomic mass is 35.5. The van der Waals surface area contributed by atoms with E-state index in [0.717, 1.165) is 24.9 Å². The Kier molecular flexibility index (Phi) is 9.27. The van der Waals surface area contributed by atoms with E-state index in [9.17, 15) is 9.59 Å². The number of nitrogens with zero attached hydrogens (tertiary/aromatic N) is 1. The molecule has 6 heteroatoms. The van der Waals surface area contributed by atoms with Crippen LogP contribution in [-0.4, -0.2) is 41.9 Å². The van der Waals surface area contributed by atoms with Gasteiger partial charge in [0.25, 0.3) is 5.91 Å². The van der Waals surface area contributed by atoms with E-state index < -0.39 is 6.04 Å². The van der Waals surface area contributed by atoms with Crippen molar-refractivity contribution in [2.45, 2.75) is 59.0 Å². The molecule has 3 N–H and O–H groups in total. The minimum absolute atomic E-state index is 0. The van der Waals surface area contributed by atoms with E-state index in [1.807, 2.05) is 36.9 Å². The van der Waals surface area contributed by atoms with Crippen LogP contribution in [0.3, 0.4) is 0 Å². The summed E-state index contributed by atoms with van der Waals surface area (Å²) < 4.78 is 0. The van der Waals surface area contributed by atoms with Crippen molar-refractivity contribution in [1.82, 2.24) is 10.2 Å². The maximum Gasteiger partial charge on any atom is 0.252 e. The Balaban J connectivity index is 0.00000364. The number of benzene rings is 1. The maximum atomic E-state index is 13.1. The van der Waals surface area contributed by atoms with Crippen molar-refractivity contribution in [1.29, 1.82) is 0 Å². The lowest BCUT2D eigenvalue weighted by atomic mass is 9.91. The Morgan fingerprint density at radius 1 is 1.26 bits per heavy atom. The molecule has 1 aliphatic rings. The van der Waals surface area contributed by atoms with Crippen LogP contribution in [0.15, 0.2) is 24.3 Å². The van der Waals surface area contributed by atoms with Crippen LogP contribution >= 0.6 is 12.4 Å². The van der Waals surface area contributed by atoms with E-state index in [-0.39, 0.29) is 30.3 Å². The lowest BCUT2D eigenvalue weighted by Crippen LogP contribution is -2.53. The number of hydrogen-bond acceptors (Lipinski definition) is 3. The molecule has 0 aromatic heterocycles. The first-order chi connectivity index (χ1) is 12.3. The Bertz CT molecular complexity index is 634. The van der Waals surface area contributed by atoms with Crippen molar-refractivity contribution in [3.05, 3.63) is 35.4 Å². The number of hydrogen-bond donors (Lipinski definition) is 2. The van der Waals surface area contributed by atoms with Gasteiger partial charge in [-0.1, -0.05) is 32.0 Å². The second-order valence-electron chi connectivity index (χ2n) is 8.02. The van der Waals surface area contributed by atoms with Gasteiger partial charge in [0.2, 0.25) is 5.91 Å². The summed E-state index contributed by atoms with van der Waals surface area (Å²) in [4.78, 5) is 27.7. The van der Waals surface area contributed by atoms with Crippen molar-refractivity contribution >= 4 is 24.2 Å². The Hall–Kier alpha value is -1.59. The fourth-order valence-corrected chi connectivity index (χ4v) is 3.62. The van der Waals surface area contributed by atoms with E-state index in [0.29, 0.717) is 30.4 Å². The summed E-state index contributed by atoms with van der Waals surface area (Å²) >= 11 is 0. The number of likely N-dealkylation sites (tertiary alicyclic amines) is 1. The van der Waals surface area contributed by atoms with Gasteiger partial charge < -0.3 is 16.0 Å². The zero-order valence-electron chi connectivity index (χ0n) is 16.9. The number of carbonyl (C=O) groups is 2. The molecule has 0 bridgehead atoms. The van der Waals surface area contributed by atoms with Gasteiger partial charge in [0.15, 0.2) is 0 Å². The Labute approximate surface area is 169 Å². The number of piperidine rings is 1. The highest BCUT2D eigenvalue weighted by Crippen LogP contribution is 2.21. The summed E-state index contributed by atoms with van der Waals surface area (Å²) in [5.74, 6) is 0.489. The molecule has 27 heavy (non-hydrogen) atoms. The smallest absolute Gasteiger partial charge is 0.252 e. The summed E-state index contributed by atoms with van der Waals surface area (Å²) in [7, 11) is 0. The molecule has 1 saturated heterocycles. The third-order valence-electron chi connectivity index (χ3n) is 5.21. The molecule has 3 unspecified atom stereocenters. The van der Waals surface area contributed by atoms with Crippen molar-refractivity contribution < 1.29 is 9.59 Å². The average molecular weight is 396 g/mol. The van der Waals surface area contributed by atoms with Crippen molar-refractivity contribution in [2.24, 2.45) is 17.6 Å². The molecule has 2 rings (SSSR count). The quantitative estimate of drug-likeness (QED) is 0.776. The first-order valence-corrected chi connectivity index (χ1v) is 9.70. The molecule has 0 spiro atoms. The SMILES string of the molecule is Cc1ccccc1C(=O)NC(CC(C)C)C(=O)N1CCCC(C(C)N)C1.Cl. The van der Waals surface area contributed by atoms with Gasteiger partial charge in [-0.3, -0.25) is 9.59 Å². The number of aryl methyl sites for hydroxylation is 1. The highest BCUT2D eigenvalue weighted by Gasteiger charge is 2.31. The van der Waals surface area contributed by atoms with Crippen LogP contribution in [0.5, 0.6) is 0 Å². The number of halogens is 1. The van der Waals surface area contributed by atoms with Crippen LogP contribution in [0.25, 0.3) is 0 Å². The molecule has 1 aliphatic heterocycles. The molecule has 5 nitrogen and oxygen atoms in total. The first-order valence-electron chi connectivity index (χ1n) is 9.70. The molecule has 0 aliphatic carbocycles. The van der Waals surface area contributed by atoms with Crippen molar-refractivity contribution in [2.75, 3.05) is 13.1 Å². The summed E-state index contributed by atoms with van der Waals surface area (Å²) in [6.45, 7) is 9.49. The molecule has 3 atom stereocenters. The molecule has 1 fully saturated rings. The first kappa shape index (κ1) is 23.4. The van der Waals surface area contributed by atoms with Gasteiger partial charge in [-0.25, -0.2) is 0 Å². The summed E-state index contributed by atoms with van der Waals surface area (Å²) in [5, 5.41) is 2.99. The van der Waals surface area contributed by atoms with Crippen molar-refractivity contribution in [3.63, 3.8) is 0 Å². The second-order valence-corrected chi connectivity index (χ2v) is 8.02. The lowest BCUT2D eigenvalue weighted by molar-refractivity contribution is -0.135. The maximum absolute atomic E-state index is 13.1. The molecule has 1 aromatic rings. The third-order valence-corrected chi connectivity index (χ3v) is 5.21. The zero-order valence-corrected chi connectivity index (χ0v) is 17.7. The third kappa shape index (κ3) is 6.51. The second kappa shape index (κ2) is 10.7. The predicted molar refractivity (Wildman–Crippen MR) is 112 cm³/mol. The normalized spacial score (nSPS) is 19.2. The minimum atomic E-state index is -0.492. The van der Waals surface area contributed by atoms with Gasteiger partial charge in [-0.05, 0) is 56.6 Å². The van der Waals surface area contributed by atoms with Gasteiger partial charge in [0.1, 0.15) is 6.04 Å². The number of rotatable bonds is 6. The van der Waals surface area contributed by atoms with Gasteiger partial charge in [0, 0.05) is 24.7 Å². The zero-order chi connectivity index (χ0) is 19.3. The standard InChI is InChI=1S/C21H33N3O2.ClH/c1-14(2)12-19(23-20(25)18-10-6-5-8-15(18)3)21(26)24-11-7-9-17(13-24)16(4)22;/h5-6,8,10,14,16-17,19H,7,9,11-13,22H2,1-4H3,(H,23,25);1H. The predicted octanol–water partition coefficient (Wildman–Crippen LogP) is 3.15. The molecule has 0 saturated carbocycles. The largest absolute Gasteiger partial charge is 0.341 e. The lowest BCUT2D eigenvalue weighted by Gasteiger charge is -2.37. The monoisotopic (exact) mass is 395 g/mol. The molecular weight excluding hydrogens is 362 g/mol. The summed E-state index contributed by atoms with van der Waals surface area (Å²) in [6.07, 6.45) is 2.67. The fourth-order valence-electron chi connectivity index (χ4n) is 3.62. The fraction of sp³-hybridized carbons (Fsp3) is 0.619. The summed E-state index contributed by atoms with van der Waals surface area (Å²) in [6, 6.07) is 7.05. The summed E-state index contributed by atoms with van der Waals surface area (Å²) in [5.41, 5.74) is 7.59. The van der Waals surface area contributed by atoms with Gasteiger partial charge in [-0.15, -0.1) is 12.4 Å². The van der Waals surface area contributed by atoms with Crippen LogP contribution in [0.1, 0.15) is 56.0 Å². The number of nitrogens with one attached hydrogen (secondary N) is 1. The average Bonchev–Trinajstić information content (AvgIpc) is 2.60. The van der Waals surface area contributed by atoms with E-state index in [2.05, 4.69) is 19.2 Å². The molecule has 152 valence electrons. The Morgan fingerprint density at radius 3 is 2.52 bits per heavy atom. The van der Waals surface area contributed by atoms with Gasteiger partial charge >= 0.3 is 0 Å². The highest BCUT2D eigenvalue weighted by molar-refractivity contribution is 5.98. The molecule has 2 amide bonds. The van der Waals surface area contributed by atoms with Gasteiger partial charge in [-0.2, -0.15) is 0 Å². The topological polar surface area (TPSA) is 75.4 Å². The number of nitrogens with two attached hydrogens (primary N) is 1. The van der Waals surface area contributed by atoms with Crippen LogP contribution in [0.2, 0.25) is 0 Å². The van der Waals surface area contributed by atoms with E-state index in [1.54, 1.807) is 6.07 Å². The van der Waals surface area contributed by atoms with Crippen molar-refractivity contribution in [3.8, 4) is 0 Å². The minimum Gasteiger partial charge on any atom is -0.341 e. The van der Waals surface area contributed by atoms with E-state index in [4.69, 9.17) is 5.73 Å². The number of carbonyl (C=O) groups excluding carboxylic acids is 2. The van der Waals surface area contributed by atoms with E-state index in [1.165, 1.54) is 0 Å². The molecule has 1 aromatic carbocycles. The van der Waals surface area contributed by atoms with Crippen LogP contribution in [0, 0.1) is 18.8 Å². The van der Waals surface area contributed by atoms with E-state index >= 15 is 0 Å². The molecule has 1 heterocycles. The van der Waals surface area contributed by atoms with Crippen LogP contribution in [0.4, 0.5) is 0 Å². The molecular formula is C21H34ClN3O2. The van der Waals surface area contributed by atoms with Crippen LogP contribution < -0.4 is 11.1 Å². The number of amides is 2. The Morgan fingerprint density at radius 2 is 1.93 bits per heavy atom. The molecule has 0 radical (unpaired) electrons.